The Balaban J connectivity index is 1.63. The summed E-state index contributed by atoms with van der Waals surface area (Å²) in [7, 11) is 3.89. The van der Waals surface area contributed by atoms with E-state index < -0.39 is 4.92 Å². The second-order valence-electron chi connectivity index (χ2n) is 8.10. The van der Waals surface area contributed by atoms with Gasteiger partial charge in [0.05, 0.1) is 17.2 Å². The number of benzene rings is 1. The largest absolute Gasteiger partial charge is 0.362 e. The van der Waals surface area contributed by atoms with Crippen LogP contribution in [0.15, 0.2) is 18.2 Å². The summed E-state index contributed by atoms with van der Waals surface area (Å²) >= 11 is 0. The van der Waals surface area contributed by atoms with Crippen LogP contribution >= 0.6 is 0 Å². The molecule has 9 nitrogen and oxygen atoms in total. The summed E-state index contributed by atoms with van der Waals surface area (Å²) in [5.74, 6) is 1.38. The highest BCUT2D eigenvalue weighted by molar-refractivity contribution is 5.95. The van der Waals surface area contributed by atoms with E-state index in [4.69, 9.17) is 9.97 Å². The van der Waals surface area contributed by atoms with Crippen LogP contribution in [-0.4, -0.2) is 59.4 Å². The highest BCUT2D eigenvalue weighted by Gasteiger charge is 2.29. The van der Waals surface area contributed by atoms with Gasteiger partial charge < -0.3 is 14.7 Å². The van der Waals surface area contributed by atoms with E-state index in [2.05, 4.69) is 4.90 Å². The topological polar surface area (TPSA) is 95.7 Å². The molecule has 2 aliphatic heterocycles. The third-order valence-corrected chi connectivity index (χ3v) is 5.78. The fourth-order valence-electron chi connectivity index (χ4n) is 4.11. The number of aryl methyl sites for hydroxylation is 1. The fraction of sp³-hybridized carbons (Fsp3) is 0.476. The summed E-state index contributed by atoms with van der Waals surface area (Å²) in [5, 5.41) is 11.3. The van der Waals surface area contributed by atoms with Crippen molar-refractivity contribution in [1.29, 1.82) is 0 Å². The molecule has 1 fully saturated rings. The molecule has 3 heterocycles. The van der Waals surface area contributed by atoms with Crippen LogP contribution in [0.5, 0.6) is 0 Å². The summed E-state index contributed by atoms with van der Waals surface area (Å²) < 4.78 is 0. The first-order valence-corrected chi connectivity index (χ1v) is 10.2. The van der Waals surface area contributed by atoms with Gasteiger partial charge in [0, 0.05) is 62.9 Å². The first kappa shape index (κ1) is 20.1. The summed E-state index contributed by atoms with van der Waals surface area (Å²) in [4.78, 5) is 39.4. The quantitative estimate of drug-likeness (QED) is 0.564. The number of amides is 1. The first-order valence-electron chi connectivity index (χ1n) is 10.2. The molecule has 1 aromatic carbocycles. The SMILES string of the molecule is Cc1ccc(C(=O)N2CCc3nc(N4CCCC4)nc(N(C)C)c3C2)cc1[N+](=O)[O-]. The summed E-state index contributed by atoms with van der Waals surface area (Å²) in [5.41, 5.74) is 2.76. The number of rotatable bonds is 4. The van der Waals surface area contributed by atoms with Gasteiger partial charge in [-0.2, -0.15) is 4.98 Å². The zero-order chi connectivity index (χ0) is 21.4. The maximum absolute atomic E-state index is 13.1. The minimum atomic E-state index is -0.449. The van der Waals surface area contributed by atoms with Crippen molar-refractivity contribution in [3.05, 3.63) is 50.7 Å². The van der Waals surface area contributed by atoms with Gasteiger partial charge in [-0.15, -0.1) is 0 Å². The highest BCUT2D eigenvalue weighted by Crippen LogP contribution is 2.30. The van der Waals surface area contributed by atoms with E-state index in [1.54, 1.807) is 24.0 Å². The third-order valence-electron chi connectivity index (χ3n) is 5.78. The summed E-state index contributed by atoms with van der Waals surface area (Å²) in [6.45, 7) is 4.54. The molecule has 158 valence electrons. The predicted octanol–water partition coefficient (Wildman–Crippen LogP) is 2.56. The molecule has 0 atom stereocenters. The van der Waals surface area contributed by atoms with Crippen molar-refractivity contribution in [2.75, 3.05) is 43.5 Å². The number of carbonyl (C=O) groups is 1. The molecule has 30 heavy (non-hydrogen) atoms. The number of hydrogen-bond donors (Lipinski definition) is 0. The molecule has 2 aliphatic rings. The number of hydrogen-bond acceptors (Lipinski definition) is 7. The molecule has 9 heteroatoms. The van der Waals surface area contributed by atoms with Gasteiger partial charge in [0.25, 0.3) is 11.6 Å². The maximum atomic E-state index is 13.1. The summed E-state index contributed by atoms with van der Waals surface area (Å²) in [6.07, 6.45) is 2.95. The van der Waals surface area contributed by atoms with Crippen molar-refractivity contribution >= 4 is 23.4 Å². The molecule has 0 radical (unpaired) electrons. The van der Waals surface area contributed by atoms with Gasteiger partial charge in [-0.25, -0.2) is 4.98 Å². The predicted molar refractivity (Wildman–Crippen MR) is 114 cm³/mol. The van der Waals surface area contributed by atoms with Crippen LogP contribution in [0.25, 0.3) is 0 Å². The lowest BCUT2D eigenvalue weighted by molar-refractivity contribution is -0.385. The van der Waals surface area contributed by atoms with Gasteiger partial charge >= 0.3 is 0 Å². The van der Waals surface area contributed by atoms with Crippen molar-refractivity contribution in [1.82, 2.24) is 14.9 Å². The van der Waals surface area contributed by atoms with E-state index in [0.29, 0.717) is 30.6 Å². The Hall–Kier alpha value is -3.23. The van der Waals surface area contributed by atoms with Crippen LogP contribution in [-0.2, 0) is 13.0 Å². The lowest BCUT2D eigenvalue weighted by Gasteiger charge is -2.32. The Morgan fingerprint density at radius 3 is 2.57 bits per heavy atom. The second kappa shape index (κ2) is 7.89. The molecule has 0 saturated carbocycles. The Morgan fingerprint density at radius 1 is 1.17 bits per heavy atom. The molecule has 1 saturated heterocycles. The molecule has 0 N–H and O–H groups in total. The Labute approximate surface area is 175 Å². The van der Waals surface area contributed by atoms with E-state index >= 15 is 0 Å². The number of nitro groups is 1. The van der Waals surface area contributed by atoms with Gasteiger partial charge in [0.1, 0.15) is 5.82 Å². The maximum Gasteiger partial charge on any atom is 0.273 e. The molecule has 0 bridgehead atoms. The van der Waals surface area contributed by atoms with Crippen LogP contribution in [0.3, 0.4) is 0 Å². The third kappa shape index (κ3) is 3.67. The van der Waals surface area contributed by atoms with Gasteiger partial charge in [-0.1, -0.05) is 6.07 Å². The fourth-order valence-corrected chi connectivity index (χ4v) is 4.11. The minimum absolute atomic E-state index is 0.0363. The number of fused-ring (bicyclic) bond motifs is 1. The number of anilines is 2. The van der Waals surface area contributed by atoms with Gasteiger partial charge in [-0.05, 0) is 25.8 Å². The van der Waals surface area contributed by atoms with Crippen LogP contribution in [0, 0.1) is 17.0 Å². The molecule has 0 spiro atoms. The van der Waals surface area contributed by atoms with E-state index in [-0.39, 0.29) is 11.6 Å². The molecule has 4 rings (SSSR count). The monoisotopic (exact) mass is 410 g/mol. The lowest BCUT2D eigenvalue weighted by atomic mass is 10.0. The van der Waals surface area contributed by atoms with Gasteiger partial charge in [-0.3, -0.25) is 14.9 Å². The number of nitrogens with zero attached hydrogens (tertiary/aromatic N) is 6. The average molecular weight is 410 g/mol. The van der Waals surface area contributed by atoms with Crippen LogP contribution < -0.4 is 9.80 Å². The Morgan fingerprint density at radius 2 is 1.90 bits per heavy atom. The lowest BCUT2D eigenvalue weighted by Crippen LogP contribution is -2.38. The summed E-state index contributed by atoms with van der Waals surface area (Å²) in [6, 6.07) is 4.65. The van der Waals surface area contributed by atoms with Crippen LogP contribution in [0.4, 0.5) is 17.5 Å². The van der Waals surface area contributed by atoms with Crippen LogP contribution in [0.2, 0.25) is 0 Å². The van der Waals surface area contributed by atoms with E-state index in [0.717, 1.165) is 49.0 Å². The normalized spacial score (nSPS) is 15.8. The number of nitro benzene ring substituents is 1. The molecule has 0 unspecified atom stereocenters. The number of carbonyl (C=O) groups excluding carboxylic acids is 1. The smallest absolute Gasteiger partial charge is 0.273 e. The van der Waals surface area contributed by atoms with Gasteiger partial charge in [0.2, 0.25) is 5.95 Å². The van der Waals surface area contributed by atoms with E-state index in [1.165, 1.54) is 6.07 Å². The Bertz CT molecular complexity index is 1000. The number of aromatic nitrogens is 2. The Kier molecular flexibility index (Phi) is 5.27. The minimum Gasteiger partial charge on any atom is -0.362 e. The van der Waals surface area contributed by atoms with Crippen molar-refractivity contribution in [2.24, 2.45) is 0 Å². The molecule has 1 aromatic heterocycles. The van der Waals surface area contributed by atoms with Crippen molar-refractivity contribution in [3.8, 4) is 0 Å². The van der Waals surface area contributed by atoms with Crippen molar-refractivity contribution in [2.45, 2.75) is 32.7 Å². The van der Waals surface area contributed by atoms with E-state index in [9.17, 15) is 14.9 Å². The van der Waals surface area contributed by atoms with E-state index in [1.807, 2.05) is 19.0 Å². The standard InChI is InChI=1S/C21H26N6O3/c1-14-6-7-15(12-18(14)27(29)30)20(28)26-11-8-17-16(13-26)19(24(2)3)23-21(22-17)25-9-4-5-10-25/h6-7,12H,4-5,8-11,13H2,1-3H3. The van der Waals surface area contributed by atoms with Crippen molar-refractivity contribution < 1.29 is 9.72 Å². The van der Waals surface area contributed by atoms with Crippen LogP contribution in [0.1, 0.15) is 40.0 Å². The first-order chi connectivity index (χ1) is 14.3. The molecule has 1 amide bonds. The molecule has 0 aliphatic carbocycles. The van der Waals surface area contributed by atoms with Gasteiger partial charge in [0.15, 0.2) is 0 Å². The zero-order valence-corrected chi connectivity index (χ0v) is 17.6. The highest BCUT2D eigenvalue weighted by atomic mass is 16.6. The van der Waals surface area contributed by atoms with Crippen molar-refractivity contribution in [3.63, 3.8) is 0 Å². The zero-order valence-electron chi connectivity index (χ0n) is 17.6. The average Bonchev–Trinajstić information content (AvgIpc) is 3.27. The second-order valence-corrected chi connectivity index (χ2v) is 8.10. The molecular weight excluding hydrogens is 384 g/mol. The molecule has 2 aromatic rings. The molecular formula is C21H26N6O3.